The van der Waals surface area contributed by atoms with Crippen molar-refractivity contribution in [3.63, 3.8) is 0 Å². The molecule has 3 rings (SSSR count). The number of nitrogens with zero attached hydrogens (tertiary/aromatic N) is 3. The molecule has 0 unspecified atom stereocenters. The summed E-state index contributed by atoms with van der Waals surface area (Å²) in [5.74, 6) is -0.887. The number of aryl methyl sites for hydroxylation is 2. The molecule has 1 aliphatic rings. The van der Waals surface area contributed by atoms with Crippen LogP contribution < -0.4 is 0 Å². The number of hydrogen-bond acceptors (Lipinski definition) is 5. The molecule has 0 spiro atoms. The van der Waals surface area contributed by atoms with E-state index in [9.17, 15) is 4.79 Å². The molecule has 1 N–H and O–H groups in total. The van der Waals surface area contributed by atoms with Gasteiger partial charge in [0, 0.05) is 31.0 Å². The molecule has 2 aromatic rings. The Morgan fingerprint density at radius 2 is 2.24 bits per heavy atom. The van der Waals surface area contributed by atoms with Crippen LogP contribution >= 0.6 is 0 Å². The van der Waals surface area contributed by atoms with E-state index in [0.29, 0.717) is 12.2 Å². The highest BCUT2D eigenvalue weighted by Crippen LogP contribution is 2.15. The Bertz CT molecular complexity index is 735. The first-order valence-electron chi connectivity index (χ1n) is 8.54. The summed E-state index contributed by atoms with van der Waals surface area (Å²) in [6, 6.07) is 9.15. The molecular weight excluding hydrogens is 318 g/mol. The van der Waals surface area contributed by atoms with E-state index in [1.807, 2.05) is 19.1 Å². The normalized spacial score (nSPS) is 18.2. The Morgan fingerprint density at radius 1 is 1.36 bits per heavy atom. The third-order valence-electron chi connectivity index (χ3n) is 4.39. The first kappa shape index (κ1) is 17.5. The second-order valence-electron chi connectivity index (χ2n) is 6.42. The average Bonchev–Trinajstić information content (AvgIpc) is 2.61. The molecule has 132 valence electrons. The van der Waals surface area contributed by atoms with Crippen molar-refractivity contribution in [3.8, 4) is 0 Å². The highest BCUT2D eigenvalue weighted by atomic mass is 16.5. The lowest BCUT2D eigenvalue weighted by Gasteiger charge is -2.33. The van der Waals surface area contributed by atoms with Crippen LogP contribution in [0.15, 0.2) is 36.7 Å². The molecule has 1 atom stereocenters. The molecule has 0 amide bonds. The molecular formula is C19H23N3O3. The molecule has 1 aromatic heterocycles. The fourth-order valence-corrected chi connectivity index (χ4v) is 3.11. The summed E-state index contributed by atoms with van der Waals surface area (Å²) in [7, 11) is 0. The van der Waals surface area contributed by atoms with Crippen LogP contribution in [0.5, 0.6) is 0 Å². The molecule has 0 saturated carbocycles. The Balaban J connectivity index is 1.54. The van der Waals surface area contributed by atoms with Crippen molar-refractivity contribution in [3.05, 3.63) is 59.2 Å². The summed E-state index contributed by atoms with van der Waals surface area (Å²) in [4.78, 5) is 21.8. The number of benzene rings is 1. The number of rotatable bonds is 6. The van der Waals surface area contributed by atoms with E-state index in [-0.39, 0.29) is 6.10 Å². The fraction of sp³-hybridized carbons (Fsp3) is 0.421. The number of hydrogen-bond donors (Lipinski definition) is 1. The summed E-state index contributed by atoms with van der Waals surface area (Å²) < 4.78 is 5.88. The van der Waals surface area contributed by atoms with Gasteiger partial charge in [-0.05, 0) is 43.5 Å². The topological polar surface area (TPSA) is 75.6 Å². The van der Waals surface area contributed by atoms with Crippen LogP contribution in [0.2, 0.25) is 0 Å². The van der Waals surface area contributed by atoms with Crippen molar-refractivity contribution in [2.75, 3.05) is 19.7 Å². The van der Waals surface area contributed by atoms with Gasteiger partial charge >= 0.3 is 5.97 Å². The predicted molar refractivity (Wildman–Crippen MR) is 93.5 cm³/mol. The van der Waals surface area contributed by atoms with Crippen LogP contribution in [-0.4, -0.2) is 51.7 Å². The van der Waals surface area contributed by atoms with Gasteiger partial charge in [0.05, 0.1) is 18.3 Å². The second kappa shape index (κ2) is 8.18. The van der Waals surface area contributed by atoms with Gasteiger partial charge in [-0.2, -0.15) is 0 Å². The summed E-state index contributed by atoms with van der Waals surface area (Å²) in [6.45, 7) is 5.12. The van der Waals surface area contributed by atoms with E-state index in [4.69, 9.17) is 9.84 Å². The third-order valence-corrected chi connectivity index (χ3v) is 4.39. The minimum atomic E-state index is -0.887. The first-order chi connectivity index (χ1) is 12.1. The molecule has 0 aliphatic carbocycles. The standard InChI is InChI=1S/C19H23N3O3/c1-14-9-17(21-13-20-14)5-6-18-12-22(7-8-25-18)11-15-3-2-4-16(10-15)19(23)24/h2-4,9-10,13,18H,5-8,11-12H2,1H3,(H,23,24)/t18-/m1/s1. The van der Waals surface area contributed by atoms with Gasteiger partial charge in [-0.15, -0.1) is 0 Å². The number of ether oxygens (including phenoxy) is 1. The van der Waals surface area contributed by atoms with Gasteiger partial charge in [-0.3, -0.25) is 4.90 Å². The highest BCUT2D eigenvalue weighted by Gasteiger charge is 2.20. The lowest BCUT2D eigenvalue weighted by atomic mass is 10.1. The van der Waals surface area contributed by atoms with Gasteiger partial charge in [-0.1, -0.05) is 12.1 Å². The molecule has 0 radical (unpaired) electrons. The predicted octanol–water partition coefficient (Wildman–Crippen LogP) is 2.32. The Morgan fingerprint density at radius 3 is 3.04 bits per heavy atom. The van der Waals surface area contributed by atoms with Gasteiger partial charge in [0.25, 0.3) is 0 Å². The van der Waals surface area contributed by atoms with Crippen molar-refractivity contribution in [2.45, 2.75) is 32.4 Å². The Hall–Kier alpha value is -2.31. The summed E-state index contributed by atoms with van der Waals surface area (Å²) in [5.41, 5.74) is 3.38. The van der Waals surface area contributed by atoms with Crippen molar-refractivity contribution >= 4 is 5.97 Å². The summed E-state index contributed by atoms with van der Waals surface area (Å²) >= 11 is 0. The molecule has 1 aliphatic heterocycles. The Labute approximate surface area is 147 Å². The van der Waals surface area contributed by atoms with Crippen LogP contribution in [0.3, 0.4) is 0 Å². The molecule has 1 aromatic carbocycles. The molecule has 1 saturated heterocycles. The number of morpholine rings is 1. The van der Waals surface area contributed by atoms with E-state index in [2.05, 4.69) is 14.9 Å². The van der Waals surface area contributed by atoms with Gasteiger partial charge in [0.1, 0.15) is 6.33 Å². The number of carbonyl (C=O) groups is 1. The Kier molecular flexibility index (Phi) is 5.73. The summed E-state index contributed by atoms with van der Waals surface area (Å²) in [5, 5.41) is 9.11. The van der Waals surface area contributed by atoms with Crippen LogP contribution in [0.4, 0.5) is 0 Å². The van der Waals surface area contributed by atoms with Crippen molar-refractivity contribution in [1.29, 1.82) is 0 Å². The zero-order valence-corrected chi connectivity index (χ0v) is 14.4. The van der Waals surface area contributed by atoms with Gasteiger partial charge < -0.3 is 9.84 Å². The summed E-state index contributed by atoms with van der Waals surface area (Å²) in [6.07, 6.45) is 3.57. The van der Waals surface area contributed by atoms with Crippen LogP contribution in [0, 0.1) is 6.92 Å². The van der Waals surface area contributed by atoms with Crippen molar-refractivity contribution in [1.82, 2.24) is 14.9 Å². The minimum Gasteiger partial charge on any atom is -0.478 e. The first-order valence-corrected chi connectivity index (χ1v) is 8.54. The zero-order valence-electron chi connectivity index (χ0n) is 14.4. The van der Waals surface area contributed by atoms with Gasteiger partial charge in [0.2, 0.25) is 0 Å². The number of aromatic nitrogens is 2. The molecule has 6 heteroatoms. The lowest BCUT2D eigenvalue weighted by Crippen LogP contribution is -2.42. The quantitative estimate of drug-likeness (QED) is 0.869. The van der Waals surface area contributed by atoms with E-state index in [1.54, 1.807) is 24.5 Å². The molecule has 25 heavy (non-hydrogen) atoms. The van der Waals surface area contributed by atoms with E-state index < -0.39 is 5.97 Å². The maximum absolute atomic E-state index is 11.1. The number of carboxylic acids is 1. The van der Waals surface area contributed by atoms with E-state index in [1.165, 1.54) is 0 Å². The fourth-order valence-electron chi connectivity index (χ4n) is 3.11. The SMILES string of the molecule is Cc1cc(CC[C@@H]2CN(Cc3cccc(C(=O)O)c3)CCO2)ncn1. The highest BCUT2D eigenvalue weighted by molar-refractivity contribution is 5.87. The van der Waals surface area contributed by atoms with Crippen molar-refractivity contribution in [2.24, 2.45) is 0 Å². The minimum absolute atomic E-state index is 0.173. The van der Waals surface area contributed by atoms with Gasteiger partial charge in [-0.25, -0.2) is 14.8 Å². The smallest absolute Gasteiger partial charge is 0.335 e. The average molecular weight is 341 g/mol. The lowest BCUT2D eigenvalue weighted by molar-refractivity contribution is -0.0346. The third kappa shape index (κ3) is 5.08. The number of aromatic carboxylic acids is 1. The van der Waals surface area contributed by atoms with Crippen molar-refractivity contribution < 1.29 is 14.6 Å². The molecule has 0 bridgehead atoms. The van der Waals surface area contributed by atoms with E-state index in [0.717, 1.165) is 49.4 Å². The molecule has 1 fully saturated rings. The van der Waals surface area contributed by atoms with E-state index >= 15 is 0 Å². The molecule has 6 nitrogen and oxygen atoms in total. The van der Waals surface area contributed by atoms with Crippen LogP contribution in [0.25, 0.3) is 0 Å². The maximum Gasteiger partial charge on any atom is 0.335 e. The van der Waals surface area contributed by atoms with Crippen LogP contribution in [-0.2, 0) is 17.7 Å². The zero-order chi connectivity index (χ0) is 17.6. The maximum atomic E-state index is 11.1. The van der Waals surface area contributed by atoms with Gasteiger partial charge in [0.15, 0.2) is 0 Å². The molecule has 2 heterocycles. The largest absolute Gasteiger partial charge is 0.478 e. The number of carboxylic acid groups (broad SMARTS) is 1. The van der Waals surface area contributed by atoms with Crippen LogP contribution in [0.1, 0.15) is 33.7 Å². The monoisotopic (exact) mass is 341 g/mol. The second-order valence-corrected chi connectivity index (χ2v) is 6.42.